The SMILES string of the molecule is N#Cc1ccc(CS(=O)CC2CCCC2)cc1. The molecule has 0 amide bonds. The van der Waals surface area contributed by atoms with Crippen LogP contribution in [0, 0.1) is 17.2 Å². The molecule has 0 aromatic heterocycles. The van der Waals surface area contributed by atoms with E-state index in [-0.39, 0.29) is 0 Å². The van der Waals surface area contributed by atoms with Crippen LogP contribution in [0.2, 0.25) is 0 Å². The van der Waals surface area contributed by atoms with Crippen molar-refractivity contribution in [2.45, 2.75) is 31.4 Å². The molecule has 2 rings (SSSR count). The summed E-state index contributed by atoms with van der Waals surface area (Å²) in [7, 11) is -0.752. The molecule has 1 unspecified atom stereocenters. The summed E-state index contributed by atoms with van der Waals surface area (Å²) in [6, 6.07) is 9.49. The third-order valence-corrected chi connectivity index (χ3v) is 4.81. The third kappa shape index (κ3) is 3.67. The highest BCUT2D eigenvalue weighted by molar-refractivity contribution is 7.84. The van der Waals surface area contributed by atoms with Crippen molar-refractivity contribution < 1.29 is 4.21 Å². The van der Waals surface area contributed by atoms with E-state index in [9.17, 15) is 4.21 Å². The van der Waals surface area contributed by atoms with Gasteiger partial charge in [0.05, 0.1) is 11.6 Å². The molecule has 0 heterocycles. The van der Waals surface area contributed by atoms with Crippen LogP contribution in [0.15, 0.2) is 24.3 Å². The number of benzene rings is 1. The minimum absolute atomic E-state index is 0.627. The van der Waals surface area contributed by atoms with Gasteiger partial charge in [0.2, 0.25) is 0 Å². The van der Waals surface area contributed by atoms with Crippen LogP contribution < -0.4 is 0 Å². The molecule has 1 aromatic rings. The van der Waals surface area contributed by atoms with Crippen LogP contribution in [0.3, 0.4) is 0 Å². The van der Waals surface area contributed by atoms with Crippen LogP contribution in [0.4, 0.5) is 0 Å². The van der Waals surface area contributed by atoms with Crippen molar-refractivity contribution in [1.29, 1.82) is 5.26 Å². The third-order valence-electron chi connectivity index (χ3n) is 3.31. The van der Waals surface area contributed by atoms with Gasteiger partial charge in [-0.05, 0) is 36.5 Å². The van der Waals surface area contributed by atoms with Gasteiger partial charge in [0, 0.05) is 22.3 Å². The zero-order valence-corrected chi connectivity index (χ0v) is 10.7. The van der Waals surface area contributed by atoms with E-state index in [1.807, 2.05) is 12.1 Å². The van der Waals surface area contributed by atoms with Crippen molar-refractivity contribution in [3.05, 3.63) is 35.4 Å². The first-order valence-electron chi connectivity index (χ1n) is 6.12. The molecule has 1 aliphatic rings. The molecule has 17 heavy (non-hydrogen) atoms. The summed E-state index contributed by atoms with van der Waals surface area (Å²) in [5.74, 6) is 2.15. The fraction of sp³-hybridized carbons (Fsp3) is 0.500. The summed E-state index contributed by atoms with van der Waals surface area (Å²) in [5.41, 5.74) is 1.73. The van der Waals surface area contributed by atoms with E-state index in [4.69, 9.17) is 5.26 Å². The van der Waals surface area contributed by atoms with Crippen LogP contribution in [-0.4, -0.2) is 9.96 Å². The van der Waals surface area contributed by atoms with Gasteiger partial charge in [-0.3, -0.25) is 4.21 Å². The highest BCUT2D eigenvalue weighted by atomic mass is 32.2. The van der Waals surface area contributed by atoms with Gasteiger partial charge in [-0.1, -0.05) is 25.0 Å². The Bertz CT molecular complexity index is 427. The van der Waals surface area contributed by atoms with E-state index in [1.54, 1.807) is 12.1 Å². The average molecular weight is 247 g/mol. The molecule has 1 aliphatic carbocycles. The van der Waals surface area contributed by atoms with Gasteiger partial charge in [0.1, 0.15) is 0 Å². The van der Waals surface area contributed by atoms with Crippen molar-refractivity contribution in [2.24, 2.45) is 5.92 Å². The summed E-state index contributed by atoms with van der Waals surface area (Å²) in [6.45, 7) is 0. The number of hydrogen-bond donors (Lipinski definition) is 0. The van der Waals surface area contributed by atoms with Crippen molar-refractivity contribution in [3.63, 3.8) is 0 Å². The van der Waals surface area contributed by atoms with Crippen molar-refractivity contribution >= 4 is 10.8 Å². The summed E-state index contributed by atoms with van der Waals surface area (Å²) in [4.78, 5) is 0. The summed E-state index contributed by atoms with van der Waals surface area (Å²) >= 11 is 0. The molecular formula is C14H17NOS. The Kier molecular flexibility index (Phi) is 4.33. The molecule has 1 aromatic carbocycles. The molecule has 0 saturated heterocycles. The zero-order chi connectivity index (χ0) is 12.1. The highest BCUT2D eigenvalue weighted by Crippen LogP contribution is 2.25. The van der Waals surface area contributed by atoms with Crippen LogP contribution in [-0.2, 0) is 16.6 Å². The van der Waals surface area contributed by atoms with Gasteiger partial charge in [-0.2, -0.15) is 5.26 Å². The maximum absolute atomic E-state index is 12.0. The predicted molar refractivity (Wildman–Crippen MR) is 69.8 cm³/mol. The molecule has 0 spiro atoms. The summed E-state index contributed by atoms with van der Waals surface area (Å²) in [5, 5.41) is 8.69. The first-order chi connectivity index (χ1) is 8.28. The lowest BCUT2D eigenvalue weighted by Gasteiger charge is -2.08. The Morgan fingerprint density at radius 2 is 1.88 bits per heavy atom. The molecule has 0 N–H and O–H groups in total. The Morgan fingerprint density at radius 3 is 2.47 bits per heavy atom. The topological polar surface area (TPSA) is 40.9 Å². The molecular weight excluding hydrogens is 230 g/mol. The fourth-order valence-electron chi connectivity index (χ4n) is 2.36. The second kappa shape index (κ2) is 5.97. The molecule has 0 radical (unpaired) electrons. The van der Waals surface area contributed by atoms with E-state index in [0.717, 1.165) is 11.3 Å². The predicted octanol–water partition coefficient (Wildman–Crippen LogP) is 3.00. The van der Waals surface area contributed by atoms with E-state index in [0.29, 0.717) is 17.2 Å². The van der Waals surface area contributed by atoms with Gasteiger partial charge in [-0.25, -0.2) is 0 Å². The first kappa shape index (κ1) is 12.3. The molecule has 1 atom stereocenters. The molecule has 1 saturated carbocycles. The Labute approximate surface area is 105 Å². The van der Waals surface area contributed by atoms with Gasteiger partial charge in [0.25, 0.3) is 0 Å². The van der Waals surface area contributed by atoms with E-state index in [1.165, 1.54) is 25.7 Å². The molecule has 3 heteroatoms. The Morgan fingerprint density at radius 1 is 1.24 bits per heavy atom. The quantitative estimate of drug-likeness (QED) is 0.820. The lowest BCUT2D eigenvalue weighted by Crippen LogP contribution is -2.09. The monoisotopic (exact) mass is 247 g/mol. The molecule has 90 valence electrons. The highest BCUT2D eigenvalue weighted by Gasteiger charge is 2.17. The first-order valence-corrected chi connectivity index (χ1v) is 7.61. The second-order valence-electron chi connectivity index (χ2n) is 4.71. The number of hydrogen-bond acceptors (Lipinski definition) is 2. The van der Waals surface area contributed by atoms with E-state index < -0.39 is 10.8 Å². The Balaban J connectivity index is 1.86. The number of nitriles is 1. The summed E-state index contributed by atoms with van der Waals surface area (Å²) < 4.78 is 12.0. The molecule has 2 nitrogen and oxygen atoms in total. The lowest BCUT2D eigenvalue weighted by molar-refractivity contribution is 0.604. The smallest absolute Gasteiger partial charge is 0.0991 e. The van der Waals surface area contributed by atoms with Crippen LogP contribution in [0.5, 0.6) is 0 Å². The van der Waals surface area contributed by atoms with Crippen LogP contribution in [0.1, 0.15) is 36.8 Å². The van der Waals surface area contributed by atoms with Crippen LogP contribution >= 0.6 is 0 Å². The van der Waals surface area contributed by atoms with Gasteiger partial charge in [0.15, 0.2) is 0 Å². The van der Waals surface area contributed by atoms with Crippen molar-refractivity contribution in [3.8, 4) is 6.07 Å². The second-order valence-corrected chi connectivity index (χ2v) is 6.21. The zero-order valence-electron chi connectivity index (χ0n) is 9.89. The minimum Gasteiger partial charge on any atom is -0.259 e. The standard InChI is InChI=1S/C14H17NOS/c15-9-12-5-7-14(8-6-12)11-17(16)10-13-3-1-2-4-13/h5-8,13H,1-4,10-11H2. The maximum atomic E-state index is 12.0. The lowest BCUT2D eigenvalue weighted by atomic mass is 10.1. The van der Waals surface area contributed by atoms with Gasteiger partial charge < -0.3 is 0 Å². The van der Waals surface area contributed by atoms with E-state index in [2.05, 4.69) is 6.07 Å². The fourth-order valence-corrected chi connectivity index (χ4v) is 3.90. The van der Waals surface area contributed by atoms with Gasteiger partial charge >= 0.3 is 0 Å². The molecule has 1 fully saturated rings. The van der Waals surface area contributed by atoms with E-state index >= 15 is 0 Å². The summed E-state index contributed by atoms with van der Waals surface area (Å²) in [6.07, 6.45) is 5.11. The normalized spacial score (nSPS) is 17.8. The average Bonchev–Trinajstić information content (AvgIpc) is 2.82. The Hall–Kier alpha value is -1.14. The maximum Gasteiger partial charge on any atom is 0.0991 e. The number of nitrogens with zero attached hydrogens (tertiary/aromatic N) is 1. The van der Waals surface area contributed by atoms with Gasteiger partial charge in [-0.15, -0.1) is 0 Å². The number of rotatable bonds is 4. The molecule has 0 aliphatic heterocycles. The van der Waals surface area contributed by atoms with Crippen molar-refractivity contribution in [1.82, 2.24) is 0 Å². The minimum atomic E-state index is -0.752. The van der Waals surface area contributed by atoms with Crippen molar-refractivity contribution in [2.75, 3.05) is 5.75 Å². The molecule has 0 bridgehead atoms. The van der Waals surface area contributed by atoms with Crippen LogP contribution in [0.25, 0.3) is 0 Å². The largest absolute Gasteiger partial charge is 0.259 e.